The van der Waals surface area contributed by atoms with Crippen LogP contribution in [0.25, 0.3) is 0 Å². The van der Waals surface area contributed by atoms with Gasteiger partial charge < -0.3 is 15.0 Å². The van der Waals surface area contributed by atoms with Crippen molar-refractivity contribution in [1.82, 2.24) is 10.2 Å². The van der Waals surface area contributed by atoms with Crippen molar-refractivity contribution in [1.29, 1.82) is 0 Å². The first-order valence-corrected chi connectivity index (χ1v) is 6.72. The molecule has 0 aliphatic rings. The summed E-state index contributed by atoms with van der Waals surface area (Å²) in [5, 5.41) is 4.02. The number of hydrogen-bond acceptors (Lipinski definition) is 3. The molecule has 1 rings (SSSR count). The molecule has 0 bridgehead atoms. The Balaban J connectivity index is 2.12. The summed E-state index contributed by atoms with van der Waals surface area (Å²) in [6.45, 7) is 5.65. The quantitative estimate of drug-likeness (QED) is 0.735. The topological polar surface area (TPSA) is 24.5 Å². The van der Waals surface area contributed by atoms with Crippen molar-refractivity contribution in [3.63, 3.8) is 0 Å². The number of rotatable bonds is 8. The first-order chi connectivity index (χ1) is 8.59. The summed E-state index contributed by atoms with van der Waals surface area (Å²) in [5.41, 5.74) is 1.16. The summed E-state index contributed by atoms with van der Waals surface area (Å²) in [5.74, 6) is 0.770. The van der Waals surface area contributed by atoms with Gasteiger partial charge in [-0.2, -0.15) is 0 Å². The van der Waals surface area contributed by atoms with Crippen molar-refractivity contribution in [2.75, 3.05) is 40.3 Å². The molecule has 0 unspecified atom stereocenters. The van der Waals surface area contributed by atoms with E-state index in [0.29, 0.717) is 11.6 Å². The van der Waals surface area contributed by atoms with Crippen molar-refractivity contribution in [2.24, 2.45) is 0 Å². The Morgan fingerprint density at radius 2 is 2.06 bits per heavy atom. The van der Waals surface area contributed by atoms with E-state index in [1.54, 1.807) is 0 Å². The van der Waals surface area contributed by atoms with E-state index in [9.17, 15) is 0 Å². The highest BCUT2D eigenvalue weighted by atomic mass is 35.5. The number of nitrogens with zero attached hydrogens (tertiary/aromatic N) is 1. The number of hydrogen-bond donors (Lipinski definition) is 1. The van der Waals surface area contributed by atoms with Crippen LogP contribution in [0, 0.1) is 6.92 Å². The van der Waals surface area contributed by atoms with Gasteiger partial charge in [0.05, 0.1) is 5.02 Å². The lowest BCUT2D eigenvalue weighted by Crippen LogP contribution is -2.25. The van der Waals surface area contributed by atoms with Gasteiger partial charge in [-0.25, -0.2) is 0 Å². The summed E-state index contributed by atoms with van der Waals surface area (Å²) in [6.07, 6.45) is 1.15. The summed E-state index contributed by atoms with van der Waals surface area (Å²) in [6, 6.07) is 5.82. The molecule has 0 aliphatic heterocycles. The van der Waals surface area contributed by atoms with Crippen LogP contribution in [-0.2, 0) is 0 Å². The minimum atomic E-state index is 0.644. The first kappa shape index (κ1) is 15.3. The molecule has 1 aromatic rings. The van der Waals surface area contributed by atoms with Crippen LogP contribution in [-0.4, -0.2) is 45.2 Å². The Hall–Kier alpha value is -0.770. The van der Waals surface area contributed by atoms with Crippen LogP contribution in [0.15, 0.2) is 18.2 Å². The first-order valence-electron chi connectivity index (χ1n) is 6.34. The Morgan fingerprint density at radius 3 is 2.78 bits per heavy atom. The van der Waals surface area contributed by atoms with Crippen LogP contribution in [0.4, 0.5) is 0 Å². The molecule has 3 nitrogen and oxygen atoms in total. The zero-order valence-electron chi connectivity index (χ0n) is 11.5. The third-order valence-electron chi connectivity index (χ3n) is 2.58. The molecular weight excluding hydrogens is 248 g/mol. The molecular formula is C14H23ClN2O. The minimum absolute atomic E-state index is 0.644. The second-order valence-electron chi connectivity index (χ2n) is 4.69. The monoisotopic (exact) mass is 270 g/mol. The fraction of sp³-hybridized carbons (Fsp3) is 0.571. The van der Waals surface area contributed by atoms with Crippen molar-refractivity contribution in [2.45, 2.75) is 13.3 Å². The molecule has 0 aliphatic carbocycles. The number of ether oxygens (including phenoxy) is 1. The molecule has 0 heterocycles. The number of benzene rings is 1. The van der Waals surface area contributed by atoms with Crippen LogP contribution in [0.3, 0.4) is 0 Å². The maximum absolute atomic E-state index is 6.04. The van der Waals surface area contributed by atoms with E-state index >= 15 is 0 Å². The normalized spacial score (nSPS) is 10.9. The lowest BCUT2D eigenvalue weighted by atomic mass is 10.2. The third-order valence-corrected chi connectivity index (χ3v) is 2.89. The maximum Gasteiger partial charge on any atom is 0.138 e. The second kappa shape index (κ2) is 8.35. The van der Waals surface area contributed by atoms with Gasteiger partial charge in [0.15, 0.2) is 0 Å². The molecule has 18 heavy (non-hydrogen) atoms. The Bertz CT molecular complexity index is 356. The van der Waals surface area contributed by atoms with E-state index in [0.717, 1.165) is 37.4 Å². The van der Waals surface area contributed by atoms with Crippen molar-refractivity contribution >= 4 is 11.6 Å². The summed E-state index contributed by atoms with van der Waals surface area (Å²) < 4.78 is 5.64. The van der Waals surface area contributed by atoms with Gasteiger partial charge in [0.2, 0.25) is 0 Å². The van der Waals surface area contributed by atoms with Gasteiger partial charge in [-0.15, -0.1) is 0 Å². The summed E-state index contributed by atoms with van der Waals surface area (Å²) in [7, 11) is 4.17. The molecule has 0 amide bonds. The number of nitrogens with one attached hydrogen (secondary N) is 1. The van der Waals surface area contributed by atoms with E-state index < -0.39 is 0 Å². The molecule has 0 aromatic heterocycles. The maximum atomic E-state index is 6.04. The molecule has 0 saturated heterocycles. The third kappa shape index (κ3) is 6.24. The Kier molecular flexibility index (Phi) is 7.09. The van der Waals surface area contributed by atoms with Gasteiger partial charge >= 0.3 is 0 Å². The van der Waals surface area contributed by atoms with E-state index in [1.807, 2.05) is 25.1 Å². The van der Waals surface area contributed by atoms with Crippen LogP contribution in [0.5, 0.6) is 5.75 Å². The standard InChI is InChI=1S/C14H23ClN2O/c1-12-5-6-13(15)14(11-12)18-10-8-16-7-4-9-17(2)3/h5-6,11,16H,4,7-10H2,1-3H3. The minimum Gasteiger partial charge on any atom is -0.491 e. The molecule has 0 spiro atoms. The van der Waals surface area contributed by atoms with Crippen molar-refractivity contribution in [3.8, 4) is 5.75 Å². The molecule has 0 radical (unpaired) electrons. The van der Waals surface area contributed by atoms with Gasteiger partial charge in [-0.3, -0.25) is 0 Å². The Morgan fingerprint density at radius 1 is 1.28 bits per heavy atom. The highest BCUT2D eigenvalue weighted by Crippen LogP contribution is 2.24. The predicted molar refractivity (Wildman–Crippen MR) is 77.7 cm³/mol. The predicted octanol–water partition coefficient (Wildman–Crippen LogP) is 2.57. The van der Waals surface area contributed by atoms with Gasteiger partial charge in [0, 0.05) is 6.54 Å². The fourth-order valence-electron chi connectivity index (χ4n) is 1.60. The van der Waals surface area contributed by atoms with Crippen molar-refractivity contribution < 1.29 is 4.74 Å². The lowest BCUT2D eigenvalue weighted by molar-refractivity contribution is 0.311. The molecule has 0 fully saturated rings. The highest BCUT2D eigenvalue weighted by Gasteiger charge is 2.01. The molecule has 0 saturated carbocycles. The van der Waals surface area contributed by atoms with Gasteiger partial charge in [-0.05, 0) is 58.2 Å². The molecule has 4 heteroatoms. The zero-order valence-corrected chi connectivity index (χ0v) is 12.3. The van der Waals surface area contributed by atoms with Gasteiger partial charge in [0.25, 0.3) is 0 Å². The summed E-state index contributed by atoms with van der Waals surface area (Å²) >= 11 is 6.04. The molecule has 1 N–H and O–H groups in total. The number of aryl methyl sites for hydroxylation is 1. The van der Waals surface area contributed by atoms with Crippen LogP contribution in [0.2, 0.25) is 5.02 Å². The zero-order chi connectivity index (χ0) is 13.4. The number of halogens is 1. The van der Waals surface area contributed by atoms with Gasteiger partial charge in [-0.1, -0.05) is 17.7 Å². The van der Waals surface area contributed by atoms with Gasteiger partial charge in [0.1, 0.15) is 12.4 Å². The van der Waals surface area contributed by atoms with E-state index in [1.165, 1.54) is 0 Å². The second-order valence-corrected chi connectivity index (χ2v) is 5.10. The smallest absolute Gasteiger partial charge is 0.138 e. The molecule has 102 valence electrons. The van der Waals surface area contributed by atoms with Crippen molar-refractivity contribution in [3.05, 3.63) is 28.8 Å². The average molecular weight is 271 g/mol. The highest BCUT2D eigenvalue weighted by molar-refractivity contribution is 6.32. The van der Waals surface area contributed by atoms with E-state index in [-0.39, 0.29) is 0 Å². The molecule has 0 atom stereocenters. The molecule has 1 aromatic carbocycles. The van der Waals surface area contributed by atoms with Crippen LogP contribution >= 0.6 is 11.6 Å². The average Bonchev–Trinajstić information content (AvgIpc) is 2.32. The Labute approximate surface area is 115 Å². The van der Waals surface area contributed by atoms with E-state index in [4.69, 9.17) is 16.3 Å². The SMILES string of the molecule is Cc1ccc(Cl)c(OCCNCCCN(C)C)c1. The lowest BCUT2D eigenvalue weighted by Gasteiger charge is -2.11. The van der Waals surface area contributed by atoms with E-state index in [2.05, 4.69) is 24.3 Å². The fourth-order valence-corrected chi connectivity index (χ4v) is 1.77. The van der Waals surface area contributed by atoms with Crippen LogP contribution < -0.4 is 10.1 Å². The summed E-state index contributed by atoms with van der Waals surface area (Å²) in [4.78, 5) is 2.19. The van der Waals surface area contributed by atoms with Crippen LogP contribution in [0.1, 0.15) is 12.0 Å². The largest absolute Gasteiger partial charge is 0.491 e.